The van der Waals surface area contributed by atoms with Crippen molar-refractivity contribution >= 4 is 17.9 Å². The minimum atomic E-state index is -0.784. The van der Waals surface area contributed by atoms with Gasteiger partial charge in [-0.05, 0) is 77.0 Å². The predicted molar refractivity (Wildman–Crippen MR) is 288 cm³/mol. The van der Waals surface area contributed by atoms with E-state index in [-0.39, 0.29) is 31.1 Å². The Kier molecular flexibility index (Phi) is 53.3. The van der Waals surface area contributed by atoms with Crippen molar-refractivity contribution in [1.29, 1.82) is 0 Å². The Balaban J connectivity index is 4.37. The van der Waals surface area contributed by atoms with Crippen molar-refractivity contribution in [3.8, 4) is 0 Å². The zero-order chi connectivity index (χ0) is 48.6. The molecule has 0 N–H and O–H groups in total. The molecule has 0 aliphatic carbocycles. The number of ether oxygens (including phenoxy) is 3. The second-order valence-corrected chi connectivity index (χ2v) is 19.2. The molecule has 0 aromatic carbocycles. The van der Waals surface area contributed by atoms with Crippen LogP contribution in [0.2, 0.25) is 0 Å². The van der Waals surface area contributed by atoms with E-state index in [0.717, 1.165) is 103 Å². The van der Waals surface area contributed by atoms with Crippen LogP contribution >= 0.6 is 0 Å². The smallest absolute Gasteiger partial charge is 0.306 e. The number of hydrogen-bond acceptors (Lipinski definition) is 6. The summed E-state index contributed by atoms with van der Waals surface area (Å²) in [7, 11) is 0. The lowest BCUT2D eigenvalue weighted by molar-refractivity contribution is -0.167. The molecule has 0 bridgehead atoms. The minimum absolute atomic E-state index is 0.0803. The van der Waals surface area contributed by atoms with E-state index in [2.05, 4.69) is 81.5 Å². The normalized spacial score (nSPS) is 12.5. The fourth-order valence-corrected chi connectivity index (χ4v) is 8.18. The summed E-state index contributed by atoms with van der Waals surface area (Å²) < 4.78 is 16.9. The molecule has 1 unspecified atom stereocenters. The molecule has 1 atom stereocenters. The van der Waals surface area contributed by atoms with Crippen LogP contribution in [0.25, 0.3) is 0 Å². The van der Waals surface area contributed by atoms with E-state index in [1.54, 1.807) is 0 Å². The maximum atomic E-state index is 12.9. The Bertz CT molecular complexity index is 1210. The highest BCUT2D eigenvalue weighted by Gasteiger charge is 2.19. The van der Waals surface area contributed by atoms with Gasteiger partial charge in [0.05, 0.1) is 0 Å². The van der Waals surface area contributed by atoms with Crippen molar-refractivity contribution < 1.29 is 28.6 Å². The average Bonchev–Trinajstić information content (AvgIpc) is 3.33. The first-order valence-electron chi connectivity index (χ1n) is 28.8. The summed E-state index contributed by atoms with van der Waals surface area (Å²) in [5, 5.41) is 0. The number of hydrogen-bond donors (Lipinski definition) is 0. The van der Waals surface area contributed by atoms with Crippen LogP contribution in [0, 0.1) is 0 Å². The van der Waals surface area contributed by atoms with Crippen LogP contribution in [0.4, 0.5) is 0 Å². The van der Waals surface area contributed by atoms with Gasteiger partial charge in [0.25, 0.3) is 0 Å². The molecular formula is C61H108O6. The molecular weight excluding hydrogens is 829 g/mol. The van der Waals surface area contributed by atoms with Crippen LogP contribution in [-0.2, 0) is 28.6 Å². The van der Waals surface area contributed by atoms with Gasteiger partial charge in [0, 0.05) is 19.3 Å². The first-order valence-corrected chi connectivity index (χ1v) is 28.8. The summed E-state index contributed by atoms with van der Waals surface area (Å²) in [6, 6.07) is 0. The molecule has 388 valence electrons. The van der Waals surface area contributed by atoms with Gasteiger partial charge in [-0.15, -0.1) is 0 Å². The molecule has 0 spiro atoms. The summed E-state index contributed by atoms with van der Waals surface area (Å²) in [5.74, 6) is -0.893. The average molecular weight is 938 g/mol. The molecule has 0 rings (SSSR count). The van der Waals surface area contributed by atoms with Crippen LogP contribution in [0.1, 0.15) is 290 Å². The van der Waals surface area contributed by atoms with Crippen molar-refractivity contribution in [2.45, 2.75) is 297 Å². The van der Waals surface area contributed by atoms with Crippen LogP contribution in [0.15, 0.2) is 60.8 Å². The van der Waals surface area contributed by atoms with Crippen LogP contribution in [0.3, 0.4) is 0 Å². The third-order valence-electron chi connectivity index (χ3n) is 12.5. The van der Waals surface area contributed by atoms with Gasteiger partial charge >= 0.3 is 17.9 Å². The van der Waals surface area contributed by atoms with Gasteiger partial charge in [-0.25, -0.2) is 0 Å². The molecule has 0 saturated carbocycles. The molecule has 0 amide bonds. The van der Waals surface area contributed by atoms with Crippen molar-refractivity contribution in [1.82, 2.24) is 0 Å². The first-order chi connectivity index (χ1) is 33.0. The fourth-order valence-electron chi connectivity index (χ4n) is 8.18. The quantitative estimate of drug-likeness (QED) is 0.0262. The molecule has 0 fully saturated rings. The topological polar surface area (TPSA) is 78.9 Å². The number of allylic oxidation sites excluding steroid dienone is 10. The summed E-state index contributed by atoms with van der Waals surface area (Å²) in [6.45, 7) is 6.50. The van der Waals surface area contributed by atoms with E-state index in [0.29, 0.717) is 19.3 Å². The van der Waals surface area contributed by atoms with Gasteiger partial charge in [-0.3, -0.25) is 14.4 Å². The van der Waals surface area contributed by atoms with Crippen molar-refractivity contribution in [2.75, 3.05) is 13.2 Å². The summed E-state index contributed by atoms with van der Waals surface area (Å²) in [6.07, 6.45) is 69.2. The Hall–Kier alpha value is -2.89. The van der Waals surface area contributed by atoms with E-state index < -0.39 is 6.10 Å². The highest BCUT2D eigenvalue weighted by Crippen LogP contribution is 2.16. The second kappa shape index (κ2) is 55.7. The van der Waals surface area contributed by atoms with Crippen molar-refractivity contribution in [2.24, 2.45) is 0 Å². The molecule has 0 aromatic heterocycles. The molecule has 0 aliphatic rings. The third-order valence-corrected chi connectivity index (χ3v) is 12.5. The van der Waals surface area contributed by atoms with E-state index in [1.165, 1.54) is 148 Å². The second-order valence-electron chi connectivity index (χ2n) is 19.2. The zero-order valence-electron chi connectivity index (χ0n) is 44.4. The number of rotatable bonds is 52. The molecule has 0 heterocycles. The monoisotopic (exact) mass is 937 g/mol. The van der Waals surface area contributed by atoms with Crippen molar-refractivity contribution in [3.05, 3.63) is 60.8 Å². The van der Waals surface area contributed by atoms with Gasteiger partial charge in [-0.2, -0.15) is 0 Å². The van der Waals surface area contributed by atoms with E-state index in [9.17, 15) is 14.4 Å². The number of carbonyl (C=O) groups excluding carboxylic acids is 3. The summed E-state index contributed by atoms with van der Waals surface area (Å²) in [4.78, 5) is 38.2. The lowest BCUT2D eigenvalue weighted by atomic mass is 10.0. The van der Waals surface area contributed by atoms with E-state index >= 15 is 0 Å². The molecule has 0 saturated heterocycles. The van der Waals surface area contributed by atoms with Crippen molar-refractivity contribution in [3.63, 3.8) is 0 Å². The van der Waals surface area contributed by atoms with Crippen LogP contribution < -0.4 is 0 Å². The van der Waals surface area contributed by atoms with Gasteiger partial charge in [0.2, 0.25) is 0 Å². The molecule has 6 nitrogen and oxygen atoms in total. The molecule has 0 radical (unpaired) electrons. The molecule has 0 aliphatic heterocycles. The molecule has 6 heteroatoms. The predicted octanol–water partition coefficient (Wildman–Crippen LogP) is 19.2. The summed E-state index contributed by atoms with van der Waals surface area (Å²) >= 11 is 0. The minimum Gasteiger partial charge on any atom is -0.462 e. The Morgan fingerprint density at radius 1 is 0.313 bits per heavy atom. The Morgan fingerprint density at radius 3 is 0.955 bits per heavy atom. The highest BCUT2D eigenvalue weighted by molar-refractivity contribution is 5.71. The lowest BCUT2D eigenvalue weighted by Crippen LogP contribution is -2.30. The fraction of sp³-hybridized carbons (Fsp3) is 0.787. The number of carbonyl (C=O) groups is 3. The van der Waals surface area contributed by atoms with E-state index in [4.69, 9.17) is 14.2 Å². The number of esters is 3. The first kappa shape index (κ1) is 64.1. The largest absolute Gasteiger partial charge is 0.462 e. The van der Waals surface area contributed by atoms with E-state index in [1.807, 2.05) is 0 Å². The van der Waals surface area contributed by atoms with Gasteiger partial charge in [-0.1, -0.05) is 255 Å². The molecule has 67 heavy (non-hydrogen) atoms. The third kappa shape index (κ3) is 53.9. The summed E-state index contributed by atoms with van der Waals surface area (Å²) in [5.41, 5.74) is 0. The van der Waals surface area contributed by atoms with Gasteiger partial charge < -0.3 is 14.2 Å². The van der Waals surface area contributed by atoms with Crippen LogP contribution in [0.5, 0.6) is 0 Å². The maximum Gasteiger partial charge on any atom is 0.306 e. The van der Waals surface area contributed by atoms with Gasteiger partial charge in [0.15, 0.2) is 6.10 Å². The highest BCUT2D eigenvalue weighted by atomic mass is 16.6. The standard InChI is InChI=1S/C61H108O6/c1-4-7-10-13-16-19-22-25-28-30-32-33-36-39-42-45-48-51-54-60(63)66-57-58(56-65-59(62)53-50-47-44-41-38-35-27-24-21-18-15-12-9-6-3)67-61(64)55-52-49-46-43-40-37-34-31-29-26-23-20-17-14-11-8-5-2/h8,11,15,17-18,20,24,26-27,29,58H,4-7,9-10,12-14,16,19,21-23,25,28,30-57H2,1-3H3/b11-8-,18-15-,20-17-,27-24-,29-26-. The lowest BCUT2D eigenvalue weighted by Gasteiger charge is -2.18. The Labute approximate surface area is 415 Å². The molecule has 0 aromatic rings. The van der Waals surface area contributed by atoms with Crippen LogP contribution in [-0.4, -0.2) is 37.2 Å². The van der Waals surface area contributed by atoms with Gasteiger partial charge in [0.1, 0.15) is 13.2 Å². The Morgan fingerprint density at radius 2 is 0.597 bits per heavy atom. The SMILES string of the molecule is CC/C=C\C/C=C\C/C=C\CCCCCCCCCC(=O)OC(COC(=O)CCCCCCC/C=C\C/C=C\CCCC)COC(=O)CCCCCCCCCCCCCCCCCCCC. The maximum absolute atomic E-state index is 12.9. The number of unbranched alkanes of at least 4 members (excludes halogenated alkanes) is 31. The zero-order valence-corrected chi connectivity index (χ0v) is 44.4.